The van der Waals surface area contributed by atoms with Crippen molar-refractivity contribution in [2.24, 2.45) is 11.8 Å². The number of nitrogens with one attached hydrogen (secondary N) is 1. The highest BCUT2D eigenvalue weighted by Crippen LogP contribution is 2.50. The van der Waals surface area contributed by atoms with Gasteiger partial charge in [-0.3, -0.25) is 9.59 Å². The Bertz CT molecular complexity index is 835. The Morgan fingerprint density at radius 3 is 2.58 bits per heavy atom. The minimum atomic E-state index is -0.844. The molecule has 2 fully saturated rings. The summed E-state index contributed by atoms with van der Waals surface area (Å²) in [5.41, 5.74) is 0.791. The van der Waals surface area contributed by atoms with E-state index in [2.05, 4.69) is 18.5 Å². The maximum Gasteiger partial charge on any atom is 0.407 e. The van der Waals surface area contributed by atoms with Gasteiger partial charge in [-0.15, -0.1) is 0 Å². The number of carbonyl (C=O) groups is 4. The lowest BCUT2D eigenvalue weighted by Gasteiger charge is -2.48. The van der Waals surface area contributed by atoms with Crippen molar-refractivity contribution in [3.63, 3.8) is 0 Å². The number of β-lactam (4-membered cyclic amide) rings is 1. The number of nitrogens with zero attached hydrogens (tertiary/aromatic N) is 2. The Morgan fingerprint density at radius 1 is 1.26 bits per heavy atom. The molecule has 0 aromatic heterocycles. The number of aliphatic hydroxyl groups is 1. The summed E-state index contributed by atoms with van der Waals surface area (Å²) in [4.78, 5) is 52.4. The van der Waals surface area contributed by atoms with Gasteiger partial charge >= 0.3 is 12.1 Å². The standard InChI is InChI=1S/C21H27N3O7/c1-4-8-30-20(28)18-14-11-23(15(26)10-22-21(29)31-9-5-2)7-6-13(14)17-16(12(3)25)19(27)24(17)18/h4-5,12-13,16-17,25H,1-2,6-11H2,3H3,(H,22,29)/t12-,13+,16-,17-/m1/s1. The largest absolute Gasteiger partial charge is 0.457 e. The Morgan fingerprint density at radius 2 is 1.94 bits per heavy atom. The molecule has 0 unspecified atom stereocenters. The van der Waals surface area contributed by atoms with Crippen LogP contribution in [0.1, 0.15) is 13.3 Å². The predicted octanol–water partition coefficient (Wildman–Crippen LogP) is -0.0482. The van der Waals surface area contributed by atoms with Crippen molar-refractivity contribution in [1.82, 2.24) is 15.1 Å². The maximum atomic E-state index is 12.7. The Labute approximate surface area is 180 Å². The lowest BCUT2D eigenvalue weighted by atomic mass is 9.74. The number of fused-ring (bicyclic) bond motifs is 3. The first-order valence-corrected chi connectivity index (χ1v) is 10.1. The van der Waals surface area contributed by atoms with Gasteiger partial charge in [-0.1, -0.05) is 25.3 Å². The molecule has 10 nitrogen and oxygen atoms in total. The number of alkyl carbamates (subject to hydrolysis) is 1. The van der Waals surface area contributed by atoms with E-state index in [1.807, 2.05) is 0 Å². The number of carbonyl (C=O) groups excluding carboxylic acids is 4. The summed E-state index contributed by atoms with van der Waals surface area (Å²) in [7, 11) is 0. The van der Waals surface area contributed by atoms with Crippen molar-refractivity contribution in [3.05, 3.63) is 36.6 Å². The first kappa shape index (κ1) is 22.5. The second-order valence-electron chi connectivity index (χ2n) is 7.68. The Kier molecular flexibility index (Phi) is 6.79. The summed E-state index contributed by atoms with van der Waals surface area (Å²) < 4.78 is 9.96. The van der Waals surface area contributed by atoms with Crippen molar-refractivity contribution in [2.75, 3.05) is 32.8 Å². The van der Waals surface area contributed by atoms with Gasteiger partial charge in [0.05, 0.1) is 18.1 Å². The third-order valence-electron chi connectivity index (χ3n) is 5.78. The van der Waals surface area contributed by atoms with Gasteiger partial charge in [0.25, 0.3) is 0 Å². The van der Waals surface area contributed by atoms with Crippen molar-refractivity contribution >= 4 is 23.9 Å². The van der Waals surface area contributed by atoms with Crippen LogP contribution in [-0.2, 0) is 23.9 Å². The van der Waals surface area contributed by atoms with Gasteiger partial charge in [0, 0.05) is 19.0 Å². The van der Waals surface area contributed by atoms with E-state index in [4.69, 9.17) is 9.47 Å². The highest BCUT2D eigenvalue weighted by Gasteiger charge is 2.61. The van der Waals surface area contributed by atoms with E-state index in [0.29, 0.717) is 18.5 Å². The van der Waals surface area contributed by atoms with Crippen LogP contribution in [-0.4, -0.2) is 83.8 Å². The van der Waals surface area contributed by atoms with Crippen LogP contribution in [0.5, 0.6) is 0 Å². The van der Waals surface area contributed by atoms with E-state index in [9.17, 15) is 24.3 Å². The van der Waals surface area contributed by atoms with Crippen LogP contribution in [0.25, 0.3) is 0 Å². The van der Waals surface area contributed by atoms with Crippen molar-refractivity contribution in [1.29, 1.82) is 0 Å². The highest BCUT2D eigenvalue weighted by atomic mass is 16.5. The average Bonchev–Trinajstić information content (AvgIpc) is 3.03. The molecule has 0 aromatic carbocycles. The second-order valence-corrected chi connectivity index (χ2v) is 7.68. The molecule has 10 heteroatoms. The molecule has 2 N–H and O–H groups in total. The van der Waals surface area contributed by atoms with Crippen LogP contribution in [0.4, 0.5) is 4.79 Å². The van der Waals surface area contributed by atoms with Crippen molar-refractivity contribution < 1.29 is 33.8 Å². The number of hydrogen-bond donors (Lipinski definition) is 2. The Hall–Kier alpha value is -3.14. The van der Waals surface area contributed by atoms with Crippen LogP contribution in [0.3, 0.4) is 0 Å². The molecule has 3 aliphatic rings. The fraction of sp³-hybridized carbons (Fsp3) is 0.524. The zero-order chi connectivity index (χ0) is 22.7. The molecule has 0 radical (unpaired) electrons. The minimum Gasteiger partial charge on any atom is -0.457 e. The number of rotatable bonds is 8. The van der Waals surface area contributed by atoms with Crippen LogP contribution < -0.4 is 5.32 Å². The van der Waals surface area contributed by atoms with E-state index in [1.54, 1.807) is 6.92 Å². The highest BCUT2D eigenvalue weighted by molar-refractivity contribution is 6.01. The molecule has 31 heavy (non-hydrogen) atoms. The van der Waals surface area contributed by atoms with Crippen LogP contribution in [0.2, 0.25) is 0 Å². The fourth-order valence-corrected chi connectivity index (χ4v) is 4.46. The number of likely N-dealkylation sites (tertiary alicyclic amines) is 1. The second kappa shape index (κ2) is 9.34. The average molecular weight is 433 g/mol. The molecule has 168 valence electrons. The molecule has 3 aliphatic heterocycles. The lowest BCUT2D eigenvalue weighted by Crippen LogP contribution is -2.64. The first-order valence-electron chi connectivity index (χ1n) is 10.1. The molecule has 4 atom stereocenters. The van der Waals surface area contributed by atoms with Crippen LogP contribution >= 0.6 is 0 Å². The monoisotopic (exact) mass is 433 g/mol. The fourth-order valence-electron chi connectivity index (χ4n) is 4.46. The number of amides is 3. The number of aliphatic hydroxyl groups excluding tert-OH is 1. The van der Waals surface area contributed by atoms with E-state index in [-0.39, 0.29) is 55.8 Å². The molecule has 3 amide bonds. The minimum absolute atomic E-state index is 0.00774. The maximum absolute atomic E-state index is 12.7. The quantitative estimate of drug-likeness (QED) is 0.312. The number of hydrogen-bond acceptors (Lipinski definition) is 7. The summed E-state index contributed by atoms with van der Waals surface area (Å²) in [6.45, 7) is 8.82. The Balaban J connectivity index is 1.76. The molecule has 3 rings (SSSR count). The van der Waals surface area contributed by atoms with Gasteiger partial charge in [-0.2, -0.15) is 0 Å². The van der Waals surface area contributed by atoms with E-state index in [0.717, 1.165) is 0 Å². The zero-order valence-corrected chi connectivity index (χ0v) is 17.4. The summed E-state index contributed by atoms with van der Waals surface area (Å²) in [5.74, 6) is -2.04. The van der Waals surface area contributed by atoms with E-state index >= 15 is 0 Å². The molecular formula is C21H27N3O7. The van der Waals surface area contributed by atoms with Gasteiger partial charge in [-0.05, 0) is 18.9 Å². The molecule has 0 aliphatic carbocycles. The molecule has 2 saturated heterocycles. The van der Waals surface area contributed by atoms with Crippen LogP contribution in [0.15, 0.2) is 36.6 Å². The summed E-state index contributed by atoms with van der Waals surface area (Å²) in [6, 6.07) is -0.321. The normalized spacial score (nSPS) is 25.1. The third-order valence-corrected chi connectivity index (χ3v) is 5.78. The van der Waals surface area contributed by atoms with Crippen LogP contribution in [0, 0.1) is 11.8 Å². The SMILES string of the molecule is C=CCOC(=O)NCC(=O)N1CC[C@H]2C(=C(C(=O)OCC=C)N3C(=O)[C@H]([C@@H](C)O)[C@@H]23)C1. The van der Waals surface area contributed by atoms with Crippen molar-refractivity contribution in [2.45, 2.75) is 25.5 Å². The number of esters is 1. The topological polar surface area (TPSA) is 125 Å². The molecule has 0 spiro atoms. The molecule has 3 heterocycles. The molecular weight excluding hydrogens is 406 g/mol. The summed E-state index contributed by atoms with van der Waals surface area (Å²) in [6.07, 6.45) is 1.79. The number of ether oxygens (including phenoxy) is 2. The van der Waals surface area contributed by atoms with Gasteiger partial charge in [-0.25, -0.2) is 9.59 Å². The van der Waals surface area contributed by atoms with Crippen molar-refractivity contribution in [3.8, 4) is 0 Å². The van der Waals surface area contributed by atoms with Gasteiger partial charge < -0.3 is 29.7 Å². The van der Waals surface area contributed by atoms with Gasteiger partial charge in [0.15, 0.2) is 0 Å². The lowest BCUT2D eigenvalue weighted by molar-refractivity contribution is -0.164. The summed E-state index contributed by atoms with van der Waals surface area (Å²) in [5, 5.41) is 12.4. The smallest absolute Gasteiger partial charge is 0.407 e. The third kappa shape index (κ3) is 4.20. The zero-order valence-electron chi connectivity index (χ0n) is 17.4. The van der Waals surface area contributed by atoms with Gasteiger partial charge in [0.1, 0.15) is 25.5 Å². The summed E-state index contributed by atoms with van der Waals surface area (Å²) >= 11 is 0. The molecule has 0 bridgehead atoms. The van der Waals surface area contributed by atoms with Gasteiger partial charge in [0.2, 0.25) is 11.8 Å². The predicted molar refractivity (Wildman–Crippen MR) is 108 cm³/mol. The number of piperidine rings is 1. The molecule has 0 aromatic rings. The van der Waals surface area contributed by atoms with E-state index in [1.165, 1.54) is 22.0 Å². The molecule has 0 saturated carbocycles. The first-order chi connectivity index (χ1) is 14.8. The van der Waals surface area contributed by atoms with E-state index < -0.39 is 24.1 Å².